The van der Waals surface area contributed by atoms with Crippen LogP contribution in [-0.4, -0.2) is 19.5 Å². The zero-order valence-electron chi connectivity index (χ0n) is 12.0. The topological polar surface area (TPSA) is 32.3 Å². The summed E-state index contributed by atoms with van der Waals surface area (Å²) in [4.78, 5) is 14.3. The second-order valence-corrected chi connectivity index (χ2v) is 4.79. The van der Waals surface area contributed by atoms with Gasteiger partial charge in [0.2, 0.25) is 0 Å². The van der Waals surface area contributed by atoms with Crippen LogP contribution in [0.1, 0.15) is 23.7 Å². The van der Waals surface area contributed by atoms with Gasteiger partial charge in [0.25, 0.3) is 5.91 Å². The lowest BCUT2D eigenvalue weighted by atomic mass is 10.1. The number of nitrogens with one attached hydrogen (secondary N) is 1. The van der Waals surface area contributed by atoms with Gasteiger partial charge in [-0.3, -0.25) is 4.79 Å². The average molecular weight is 268 g/mol. The SMILES string of the molecule is CCCN(C)c1ccc(C(=O)Nc2ccccc2)cc1. The molecule has 2 aromatic carbocycles. The summed E-state index contributed by atoms with van der Waals surface area (Å²) in [6.45, 7) is 3.16. The molecule has 0 aliphatic carbocycles. The highest BCUT2D eigenvalue weighted by Gasteiger charge is 2.06. The van der Waals surface area contributed by atoms with E-state index in [0.717, 1.165) is 24.3 Å². The molecular weight excluding hydrogens is 248 g/mol. The molecule has 0 unspecified atom stereocenters. The van der Waals surface area contributed by atoms with Crippen molar-refractivity contribution in [2.75, 3.05) is 23.8 Å². The van der Waals surface area contributed by atoms with Gasteiger partial charge in [-0.2, -0.15) is 0 Å². The van der Waals surface area contributed by atoms with Crippen LogP contribution in [0.2, 0.25) is 0 Å². The van der Waals surface area contributed by atoms with Gasteiger partial charge in [0.15, 0.2) is 0 Å². The first-order valence-corrected chi connectivity index (χ1v) is 6.88. The van der Waals surface area contributed by atoms with Crippen LogP contribution >= 0.6 is 0 Å². The van der Waals surface area contributed by atoms with Crippen LogP contribution in [0.5, 0.6) is 0 Å². The largest absolute Gasteiger partial charge is 0.375 e. The molecule has 3 heteroatoms. The first-order chi connectivity index (χ1) is 9.70. The van der Waals surface area contributed by atoms with E-state index in [1.165, 1.54) is 0 Å². The number of carbonyl (C=O) groups excluding carboxylic acids is 1. The summed E-state index contributed by atoms with van der Waals surface area (Å²) in [5.74, 6) is -0.0825. The van der Waals surface area contributed by atoms with Crippen molar-refractivity contribution in [1.29, 1.82) is 0 Å². The van der Waals surface area contributed by atoms with E-state index in [2.05, 4.69) is 24.2 Å². The third kappa shape index (κ3) is 3.60. The number of para-hydroxylation sites is 1. The predicted octanol–water partition coefficient (Wildman–Crippen LogP) is 3.79. The highest BCUT2D eigenvalue weighted by atomic mass is 16.1. The summed E-state index contributed by atoms with van der Waals surface area (Å²) >= 11 is 0. The Balaban J connectivity index is 2.04. The Labute approximate surface area is 120 Å². The summed E-state index contributed by atoms with van der Waals surface area (Å²) in [6, 6.07) is 17.2. The predicted molar refractivity (Wildman–Crippen MR) is 84.4 cm³/mol. The van der Waals surface area contributed by atoms with Crippen molar-refractivity contribution < 1.29 is 4.79 Å². The first-order valence-electron chi connectivity index (χ1n) is 6.88. The molecular formula is C17H20N2O. The Morgan fingerprint density at radius 2 is 1.70 bits per heavy atom. The van der Waals surface area contributed by atoms with Crippen molar-refractivity contribution in [3.8, 4) is 0 Å². The van der Waals surface area contributed by atoms with Crippen molar-refractivity contribution >= 4 is 17.3 Å². The van der Waals surface area contributed by atoms with Crippen LogP contribution in [0.4, 0.5) is 11.4 Å². The molecule has 2 rings (SSSR count). The summed E-state index contributed by atoms with van der Waals surface area (Å²) in [5, 5.41) is 2.88. The number of benzene rings is 2. The molecule has 1 amide bonds. The molecule has 2 aromatic rings. The third-order valence-corrected chi connectivity index (χ3v) is 3.16. The molecule has 0 saturated heterocycles. The molecule has 0 radical (unpaired) electrons. The molecule has 3 nitrogen and oxygen atoms in total. The number of carbonyl (C=O) groups is 1. The summed E-state index contributed by atoms with van der Waals surface area (Å²) < 4.78 is 0. The van der Waals surface area contributed by atoms with Gasteiger partial charge in [0.1, 0.15) is 0 Å². The molecule has 0 fully saturated rings. The Morgan fingerprint density at radius 3 is 2.30 bits per heavy atom. The van der Waals surface area contributed by atoms with E-state index in [-0.39, 0.29) is 5.91 Å². The number of rotatable bonds is 5. The van der Waals surface area contributed by atoms with Crippen molar-refractivity contribution in [3.63, 3.8) is 0 Å². The number of anilines is 2. The fraction of sp³-hybridized carbons (Fsp3) is 0.235. The second kappa shape index (κ2) is 6.75. The maximum absolute atomic E-state index is 12.1. The van der Waals surface area contributed by atoms with E-state index in [1.54, 1.807) is 0 Å². The van der Waals surface area contributed by atoms with Gasteiger partial charge in [-0.05, 0) is 42.8 Å². The molecule has 0 spiro atoms. The molecule has 0 saturated carbocycles. The van der Waals surface area contributed by atoms with Crippen molar-refractivity contribution in [2.45, 2.75) is 13.3 Å². The molecule has 0 bridgehead atoms. The van der Waals surface area contributed by atoms with E-state index >= 15 is 0 Å². The average Bonchev–Trinajstić information content (AvgIpc) is 2.48. The van der Waals surface area contributed by atoms with Gasteiger partial charge < -0.3 is 10.2 Å². The molecule has 0 aliphatic rings. The van der Waals surface area contributed by atoms with Gasteiger partial charge >= 0.3 is 0 Å². The van der Waals surface area contributed by atoms with Crippen LogP contribution < -0.4 is 10.2 Å². The van der Waals surface area contributed by atoms with Crippen molar-refractivity contribution in [1.82, 2.24) is 0 Å². The summed E-state index contributed by atoms with van der Waals surface area (Å²) in [5.41, 5.74) is 2.61. The molecule has 1 N–H and O–H groups in total. The number of amides is 1. The third-order valence-electron chi connectivity index (χ3n) is 3.16. The van der Waals surface area contributed by atoms with Crippen molar-refractivity contribution in [2.24, 2.45) is 0 Å². The lowest BCUT2D eigenvalue weighted by Gasteiger charge is -2.18. The lowest BCUT2D eigenvalue weighted by Crippen LogP contribution is -2.18. The van der Waals surface area contributed by atoms with Crippen molar-refractivity contribution in [3.05, 3.63) is 60.2 Å². The van der Waals surface area contributed by atoms with E-state index in [0.29, 0.717) is 5.56 Å². The molecule has 104 valence electrons. The minimum atomic E-state index is -0.0825. The van der Waals surface area contributed by atoms with Crippen LogP contribution in [0.3, 0.4) is 0 Å². The lowest BCUT2D eigenvalue weighted by molar-refractivity contribution is 0.102. The molecule has 0 aliphatic heterocycles. The summed E-state index contributed by atoms with van der Waals surface area (Å²) in [7, 11) is 2.06. The van der Waals surface area contributed by atoms with E-state index in [4.69, 9.17) is 0 Å². The zero-order valence-corrected chi connectivity index (χ0v) is 12.0. The van der Waals surface area contributed by atoms with Gasteiger partial charge in [-0.1, -0.05) is 25.1 Å². The first kappa shape index (κ1) is 14.1. The highest BCUT2D eigenvalue weighted by molar-refractivity contribution is 6.04. The van der Waals surface area contributed by atoms with Gasteiger partial charge in [0.05, 0.1) is 0 Å². The quantitative estimate of drug-likeness (QED) is 0.895. The fourth-order valence-electron chi connectivity index (χ4n) is 2.06. The van der Waals surface area contributed by atoms with Gasteiger partial charge in [0, 0.05) is 30.5 Å². The normalized spacial score (nSPS) is 10.1. The van der Waals surface area contributed by atoms with Gasteiger partial charge in [-0.15, -0.1) is 0 Å². The number of hydrogen-bond donors (Lipinski definition) is 1. The standard InChI is InChI=1S/C17H20N2O/c1-3-13-19(2)16-11-9-14(10-12-16)17(20)18-15-7-5-4-6-8-15/h4-12H,3,13H2,1-2H3,(H,18,20). The monoisotopic (exact) mass is 268 g/mol. The maximum Gasteiger partial charge on any atom is 0.255 e. The smallest absolute Gasteiger partial charge is 0.255 e. The van der Waals surface area contributed by atoms with Crippen LogP contribution in [-0.2, 0) is 0 Å². The molecule has 0 atom stereocenters. The Hall–Kier alpha value is -2.29. The molecule has 0 heterocycles. The zero-order chi connectivity index (χ0) is 14.4. The van der Waals surface area contributed by atoms with Crippen LogP contribution in [0.25, 0.3) is 0 Å². The maximum atomic E-state index is 12.1. The molecule has 20 heavy (non-hydrogen) atoms. The minimum Gasteiger partial charge on any atom is -0.375 e. The highest BCUT2D eigenvalue weighted by Crippen LogP contribution is 2.15. The van der Waals surface area contributed by atoms with Crippen LogP contribution in [0.15, 0.2) is 54.6 Å². The van der Waals surface area contributed by atoms with E-state index < -0.39 is 0 Å². The second-order valence-electron chi connectivity index (χ2n) is 4.79. The fourth-order valence-corrected chi connectivity index (χ4v) is 2.06. The molecule has 0 aromatic heterocycles. The minimum absolute atomic E-state index is 0.0825. The van der Waals surface area contributed by atoms with Gasteiger partial charge in [-0.25, -0.2) is 0 Å². The Kier molecular flexibility index (Phi) is 4.77. The Morgan fingerprint density at radius 1 is 1.05 bits per heavy atom. The van der Waals surface area contributed by atoms with E-state index in [9.17, 15) is 4.79 Å². The van der Waals surface area contributed by atoms with E-state index in [1.807, 2.05) is 54.6 Å². The summed E-state index contributed by atoms with van der Waals surface area (Å²) in [6.07, 6.45) is 1.10. The number of nitrogens with zero attached hydrogens (tertiary/aromatic N) is 1. The van der Waals surface area contributed by atoms with Crippen LogP contribution in [0, 0.1) is 0 Å². The number of hydrogen-bond acceptors (Lipinski definition) is 2. The Bertz CT molecular complexity index is 549.